The Hall–Kier alpha value is -3.14. The zero-order valence-corrected chi connectivity index (χ0v) is 18.0. The van der Waals surface area contributed by atoms with Crippen LogP contribution < -0.4 is 21.7 Å². The molecule has 0 fully saturated rings. The molecule has 0 saturated heterocycles. The van der Waals surface area contributed by atoms with Gasteiger partial charge in [-0.3, -0.25) is 0 Å². The lowest BCUT2D eigenvalue weighted by Gasteiger charge is -2.11. The van der Waals surface area contributed by atoms with E-state index in [4.69, 9.17) is 4.74 Å². The van der Waals surface area contributed by atoms with Crippen LogP contribution >= 0.6 is 0 Å². The van der Waals surface area contributed by atoms with Crippen LogP contribution in [-0.2, 0) is 13.0 Å². The minimum absolute atomic E-state index is 0. The molecule has 1 atom stereocenters. The molecule has 0 aliphatic rings. The first-order valence-electron chi connectivity index (χ1n) is 10.2. The Labute approximate surface area is 190 Å². The molecule has 1 unspecified atom stereocenters. The summed E-state index contributed by atoms with van der Waals surface area (Å²) in [6, 6.07) is 32.9. The van der Waals surface area contributed by atoms with Crippen LogP contribution in [0.1, 0.15) is 11.1 Å². The molecule has 3 nitrogen and oxygen atoms in total. The summed E-state index contributed by atoms with van der Waals surface area (Å²) in [5.41, 5.74) is 4.87. The predicted molar refractivity (Wildman–Crippen MR) is 119 cm³/mol. The van der Waals surface area contributed by atoms with Crippen molar-refractivity contribution in [3.8, 4) is 16.9 Å². The highest BCUT2D eigenvalue weighted by Gasteiger charge is 2.12. The first-order valence-corrected chi connectivity index (χ1v) is 10.2. The summed E-state index contributed by atoms with van der Waals surface area (Å²) in [7, 11) is 0. The van der Waals surface area contributed by atoms with Crippen LogP contribution in [0.5, 0.6) is 5.75 Å². The second kappa shape index (κ2) is 11.3. The monoisotopic (exact) mass is 431 g/mol. The largest absolute Gasteiger partial charge is 1.00 e. The van der Waals surface area contributed by atoms with Crippen LogP contribution in [0, 0.1) is 0 Å². The molecule has 0 aliphatic carbocycles. The van der Waals surface area contributed by atoms with Gasteiger partial charge in [-0.15, -0.1) is 0 Å². The molecule has 1 aromatic heterocycles. The van der Waals surface area contributed by atoms with Gasteiger partial charge >= 0.3 is 0 Å². The summed E-state index contributed by atoms with van der Waals surface area (Å²) in [5, 5.41) is 10.4. The standard InChI is InChI=1S/C27H26NO2.ClH/c29-26(20-28-17-15-25(16-18-28)24-9-5-2-6-10-24)21-30-27-13-11-23(12-14-27)19-22-7-3-1-4-8-22;/h1-18,26,29H,19-21H2;1H/q+1;/p-1. The normalized spacial score (nSPS) is 11.4. The Bertz CT molecular complexity index is 1040. The quantitative estimate of drug-likeness (QED) is 0.431. The van der Waals surface area contributed by atoms with Crippen molar-refractivity contribution in [1.82, 2.24) is 0 Å². The maximum absolute atomic E-state index is 10.4. The van der Waals surface area contributed by atoms with Crippen molar-refractivity contribution < 1.29 is 26.8 Å². The number of aliphatic hydroxyl groups is 1. The second-order valence-electron chi connectivity index (χ2n) is 7.42. The van der Waals surface area contributed by atoms with E-state index in [9.17, 15) is 5.11 Å². The number of benzene rings is 3. The molecule has 158 valence electrons. The number of pyridine rings is 1. The van der Waals surface area contributed by atoms with Crippen molar-refractivity contribution in [2.75, 3.05) is 6.61 Å². The maximum atomic E-state index is 10.4. The predicted octanol–water partition coefficient (Wildman–Crippen LogP) is 1.68. The molecular weight excluding hydrogens is 406 g/mol. The van der Waals surface area contributed by atoms with Gasteiger partial charge in [0.1, 0.15) is 18.5 Å². The average molecular weight is 432 g/mol. The van der Waals surface area contributed by atoms with Crippen LogP contribution in [0.2, 0.25) is 0 Å². The SMILES string of the molecule is OC(COc1ccc(Cc2ccccc2)cc1)C[n+]1ccc(-c2ccccc2)cc1.[Cl-]. The van der Waals surface area contributed by atoms with Crippen LogP contribution in [0.4, 0.5) is 0 Å². The molecule has 4 aromatic rings. The number of nitrogens with zero attached hydrogens (tertiary/aromatic N) is 1. The van der Waals surface area contributed by atoms with Gasteiger partial charge in [0.2, 0.25) is 0 Å². The highest BCUT2D eigenvalue weighted by atomic mass is 35.5. The summed E-state index contributed by atoms with van der Waals surface area (Å²) in [6.45, 7) is 0.743. The lowest BCUT2D eigenvalue weighted by Crippen LogP contribution is -3.00. The molecule has 1 heterocycles. The van der Waals surface area contributed by atoms with Crippen LogP contribution in [0.25, 0.3) is 11.1 Å². The van der Waals surface area contributed by atoms with E-state index < -0.39 is 6.10 Å². The molecule has 0 spiro atoms. The Morgan fingerprint density at radius 3 is 1.87 bits per heavy atom. The van der Waals surface area contributed by atoms with Crippen molar-refractivity contribution >= 4 is 0 Å². The molecule has 0 aliphatic heterocycles. The molecule has 4 heteroatoms. The van der Waals surface area contributed by atoms with E-state index in [-0.39, 0.29) is 19.0 Å². The van der Waals surface area contributed by atoms with Gasteiger partial charge in [-0.1, -0.05) is 72.8 Å². The van der Waals surface area contributed by atoms with Gasteiger partial charge in [0, 0.05) is 12.1 Å². The zero-order valence-electron chi connectivity index (χ0n) is 17.3. The van der Waals surface area contributed by atoms with Crippen molar-refractivity contribution in [1.29, 1.82) is 0 Å². The van der Waals surface area contributed by atoms with Gasteiger partial charge in [-0.25, -0.2) is 4.57 Å². The minimum Gasteiger partial charge on any atom is -1.00 e. The Morgan fingerprint density at radius 2 is 1.23 bits per heavy atom. The Morgan fingerprint density at radius 1 is 0.677 bits per heavy atom. The average Bonchev–Trinajstić information content (AvgIpc) is 2.80. The molecule has 31 heavy (non-hydrogen) atoms. The van der Waals surface area contributed by atoms with Crippen LogP contribution in [0.3, 0.4) is 0 Å². The van der Waals surface area contributed by atoms with Crippen molar-refractivity contribution in [3.63, 3.8) is 0 Å². The van der Waals surface area contributed by atoms with Gasteiger partial charge in [0.15, 0.2) is 18.9 Å². The summed E-state index contributed by atoms with van der Waals surface area (Å²) in [4.78, 5) is 0. The topological polar surface area (TPSA) is 33.3 Å². The maximum Gasteiger partial charge on any atom is 0.177 e. The van der Waals surface area contributed by atoms with E-state index in [1.165, 1.54) is 16.7 Å². The first kappa shape index (κ1) is 22.5. The highest BCUT2D eigenvalue weighted by molar-refractivity contribution is 5.61. The molecule has 0 saturated carbocycles. The third-order valence-electron chi connectivity index (χ3n) is 5.04. The number of hydrogen-bond acceptors (Lipinski definition) is 2. The Balaban J connectivity index is 0.00000272. The first-order chi connectivity index (χ1) is 14.8. The molecule has 4 rings (SSSR count). The second-order valence-corrected chi connectivity index (χ2v) is 7.42. The number of rotatable bonds is 8. The third-order valence-corrected chi connectivity index (χ3v) is 5.04. The number of ether oxygens (including phenoxy) is 1. The van der Waals surface area contributed by atoms with E-state index in [0.717, 1.165) is 17.7 Å². The highest BCUT2D eigenvalue weighted by Crippen LogP contribution is 2.17. The lowest BCUT2D eigenvalue weighted by atomic mass is 10.1. The molecule has 3 aromatic carbocycles. The van der Waals surface area contributed by atoms with Crippen LogP contribution in [0.15, 0.2) is 109 Å². The van der Waals surface area contributed by atoms with E-state index in [0.29, 0.717) is 6.54 Å². The molecule has 0 bridgehead atoms. The van der Waals surface area contributed by atoms with Crippen molar-refractivity contribution in [2.45, 2.75) is 19.1 Å². The Kier molecular flexibility index (Phi) is 8.22. The zero-order chi connectivity index (χ0) is 20.6. The third kappa shape index (κ3) is 6.68. The van der Waals surface area contributed by atoms with Gasteiger partial charge in [-0.2, -0.15) is 0 Å². The number of aliphatic hydroxyl groups excluding tert-OH is 1. The fourth-order valence-corrected chi connectivity index (χ4v) is 3.43. The fourth-order valence-electron chi connectivity index (χ4n) is 3.43. The van der Waals surface area contributed by atoms with Gasteiger partial charge in [0.05, 0.1) is 0 Å². The summed E-state index contributed by atoms with van der Waals surface area (Å²) >= 11 is 0. The fraction of sp³-hybridized carbons (Fsp3) is 0.148. The molecule has 1 N–H and O–H groups in total. The summed E-state index contributed by atoms with van der Waals surface area (Å²) < 4.78 is 7.75. The lowest BCUT2D eigenvalue weighted by molar-refractivity contribution is -0.703. The van der Waals surface area contributed by atoms with Gasteiger partial charge in [0.25, 0.3) is 0 Å². The summed E-state index contributed by atoms with van der Waals surface area (Å²) in [5.74, 6) is 0.773. The number of aromatic nitrogens is 1. The van der Waals surface area contributed by atoms with E-state index in [2.05, 4.69) is 60.7 Å². The molecule has 0 radical (unpaired) electrons. The minimum atomic E-state index is -0.582. The van der Waals surface area contributed by atoms with Crippen LogP contribution in [-0.4, -0.2) is 17.8 Å². The van der Waals surface area contributed by atoms with Gasteiger partial charge in [-0.05, 0) is 40.8 Å². The summed E-state index contributed by atoms with van der Waals surface area (Å²) in [6.07, 6.45) is 4.30. The molecule has 0 amide bonds. The van der Waals surface area contributed by atoms with E-state index in [1.54, 1.807) is 0 Å². The smallest absolute Gasteiger partial charge is 0.177 e. The van der Waals surface area contributed by atoms with Crippen molar-refractivity contribution in [2.24, 2.45) is 0 Å². The number of hydrogen-bond donors (Lipinski definition) is 1. The van der Waals surface area contributed by atoms with E-state index in [1.807, 2.05) is 53.4 Å². The molecular formula is C27H26ClNO2. The van der Waals surface area contributed by atoms with Gasteiger partial charge < -0.3 is 22.3 Å². The number of halogens is 1. The van der Waals surface area contributed by atoms with E-state index >= 15 is 0 Å². The van der Waals surface area contributed by atoms with Crippen molar-refractivity contribution in [3.05, 3.63) is 121 Å².